The molecule has 2 rings (SSSR count). The number of nitrogens with zero attached hydrogens (tertiary/aromatic N) is 3. The molecule has 0 aliphatic rings. The first kappa shape index (κ1) is 10.7. The first-order chi connectivity index (χ1) is 7.58. The van der Waals surface area contributed by atoms with Gasteiger partial charge in [-0.25, -0.2) is 4.98 Å². The zero-order valence-electron chi connectivity index (χ0n) is 8.80. The Morgan fingerprint density at radius 3 is 2.69 bits per heavy atom. The minimum Gasteiger partial charge on any atom is -0.258 e. The van der Waals surface area contributed by atoms with Crippen LogP contribution in [0.25, 0.3) is 10.6 Å². The number of rotatable bonds is 2. The SMILES string of the molecule is Cc1nsc(-c2ccc(C)c([N+](=O)[O-])c2)n1. The highest BCUT2D eigenvalue weighted by atomic mass is 32.1. The van der Waals surface area contributed by atoms with Crippen molar-refractivity contribution in [1.82, 2.24) is 9.36 Å². The molecular weight excluding hydrogens is 226 g/mol. The molecular formula is C10H9N3O2S. The molecule has 0 unspecified atom stereocenters. The molecule has 2 aromatic rings. The monoisotopic (exact) mass is 235 g/mol. The van der Waals surface area contributed by atoms with E-state index in [9.17, 15) is 10.1 Å². The minimum absolute atomic E-state index is 0.116. The Bertz CT molecular complexity index is 551. The van der Waals surface area contributed by atoms with Crippen molar-refractivity contribution in [3.8, 4) is 10.6 Å². The van der Waals surface area contributed by atoms with Gasteiger partial charge >= 0.3 is 0 Å². The summed E-state index contributed by atoms with van der Waals surface area (Å²) in [6, 6.07) is 5.09. The third kappa shape index (κ3) is 1.92. The zero-order valence-corrected chi connectivity index (χ0v) is 9.61. The van der Waals surface area contributed by atoms with Gasteiger partial charge in [-0.1, -0.05) is 12.1 Å². The topological polar surface area (TPSA) is 68.9 Å². The van der Waals surface area contributed by atoms with Gasteiger partial charge in [0.25, 0.3) is 5.69 Å². The summed E-state index contributed by atoms with van der Waals surface area (Å²) < 4.78 is 4.05. The average Bonchev–Trinajstić information content (AvgIpc) is 2.65. The smallest absolute Gasteiger partial charge is 0.258 e. The molecule has 0 spiro atoms. The van der Waals surface area contributed by atoms with Gasteiger partial charge in [0.05, 0.1) is 4.92 Å². The van der Waals surface area contributed by atoms with Gasteiger partial charge in [-0.15, -0.1) is 0 Å². The van der Waals surface area contributed by atoms with Crippen LogP contribution in [0.3, 0.4) is 0 Å². The third-order valence-electron chi connectivity index (χ3n) is 2.18. The molecule has 0 saturated carbocycles. The number of nitro benzene ring substituents is 1. The van der Waals surface area contributed by atoms with Crippen LogP contribution in [-0.4, -0.2) is 14.3 Å². The second-order valence-electron chi connectivity index (χ2n) is 3.41. The highest BCUT2D eigenvalue weighted by Crippen LogP contribution is 2.27. The first-order valence-electron chi connectivity index (χ1n) is 4.63. The molecule has 0 amide bonds. The molecule has 6 heteroatoms. The van der Waals surface area contributed by atoms with E-state index in [4.69, 9.17) is 0 Å². The lowest BCUT2D eigenvalue weighted by molar-refractivity contribution is -0.385. The van der Waals surface area contributed by atoms with Crippen molar-refractivity contribution >= 4 is 17.2 Å². The molecule has 5 nitrogen and oxygen atoms in total. The van der Waals surface area contributed by atoms with E-state index in [-0.39, 0.29) is 10.6 Å². The Labute approximate surface area is 96.1 Å². The van der Waals surface area contributed by atoms with E-state index < -0.39 is 0 Å². The molecule has 0 fully saturated rings. The summed E-state index contributed by atoms with van der Waals surface area (Å²) in [5.74, 6) is 0.684. The molecule has 1 aromatic carbocycles. The third-order valence-corrected chi connectivity index (χ3v) is 3.04. The van der Waals surface area contributed by atoms with Crippen molar-refractivity contribution in [3.05, 3.63) is 39.7 Å². The zero-order chi connectivity index (χ0) is 11.7. The van der Waals surface area contributed by atoms with Crippen LogP contribution in [0.2, 0.25) is 0 Å². The van der Waals surface area contributed by atoms with Crippen LogP contribution >= 0.6 is 11.5 Å². The quantitative estimate of drug-likeness (QED) is 0.592. The fourth-order valence-corrected chi connectivity index (χ4v) is 2.02. The molecule has 82 valence electrons. The molecule has 0 N–H and O–H groups in total. The predicted molar refractivity (Wildman–Crippen MR) is 61.5 cm³/mol. The summed E-state index contributed by atoms with van der Waals surface area (Å²) in [5, 5.41) is 11.5. The lowest BCUT2D eigenvalue weighted by Crippen LogP contribution is -1.92. The normalized spacial score (nSPS) is 10.4. The van der Waals surface area contributed by atoms with Gasteiger partial charge in [-0.3, -0.25) is 10.1 Å². The van der Waals surface area contributed by atoms with Crippen molar-refractivity contribution in [3.63, 3.8) is 0 Å². The minimum atomic E-state index is -0.382. The number of nitro groups is 1. The Morgan fingerprint density at radius 1 is 1.38 bits per heavy atom. The Morgan fingerprint density at radius 2 is 2.12 bits per heavy atom. The predicted octanol–water partition coefficient (Wildman–Crippen LogP) is 2.73. The summed E-state index contributed by atoms with van der Waals surface area (Å²) in [7, 11) is 0. The summed E-state index contributed by atoms with van der Waals surface area (Å²) in [4.78, 5) is 14.6. The van der Waals surface area contributed by atoms with Crippen molar-refractivity contribution in [1.29, 1.82) is 0 Å². The van der Waals surface area contributed by atoms with E-state index in [1.165, 1.54) is 17.6 Å². The Balaban J connectivity index is 2.51. The molecule has 1 aromatic heterocycles. The summed E-state index contributed by atoms with van der Waals surface area (Å²) in [6.45, 7) is 3.51. The van der Waals surface area contributed by atoms with Crippen molar-refractivity contribution < 1.29 is 4.92 Å². The van der Waals surface area contributed by atoms with Crippen molar-refractivity contribution in [2.75, 3.05) is 0 Å². The maximum Gasteiger partial charge on any atom is 0.273 e. The largest absolute Gasteiger partial charge is 0.273 e. The van der Waals surface area contributed by atoms with E-state index >= 15 is 0 Å². The highest BCUT2D eigenvalue weighted by molar-refractivity contribution is 7.09. The lowest BCUT2D eigenvalue weighted by Gasteiger charge is -1.99. The fraction of sp³-hybridized carbons (Fsp3) is 0.200. The molecule has 16 heavy (non-hydrogen) atoms. The number of hydrogen-bond donors (Lipinski definition) is 0. The van der Waals surface area contributed by atoms with Gasteiger partial charge in [-0.05, 0) is 25.4 Å². The summed E-state index contributed by atoms with van der Waals surface area (Å²) in [6.07, 6.45) is 0. The molecule has 0 aliphatic carbocycles. The van der Waals surface area contributed by atoms with Crippen LogP contribution in [0.5, 0.6) is 0 Å². The van der Waals surface area contributed by atoms with E-state index in [0.717, 1.165) is 5.56 Å². The van der Waals surface area contributed by atoms with Gasteiger partial charge in [0, 0.05) is 17.2 Å². The second kappa shape index (κ2) is 3.97. The van der Waals surface area contributed by atoms with Crippen LogP contribution in [-0.2, 0) is 0 Å². The standard InChI is InChI=1S/C10H9N3O2S/c1-6-3-4-8(5-9(6)13(14)15)10-11-7(2)12-16-10/h3-5H,1-2H3. The summed E-state index contributed by atoms with van der Waals surface area (Å²) in [5.41, 5.74) is 1.50. The van der Waals surface area contributed by atoms with Gasteiger partial charge in [0.1, 0.15) is 10.8 Å². The van der Waals surface area contributed by atoms with Crippen LogP contribution in [0.1, 0.15) is 11.4 Å². The van der Waals surface area contributed by atoms with E-state index in [2.05, 4.69) is 9.36 Å². The van der Waals surface area contributed by atoms with Gasteiger partial charge in [0.15, 0.2) is 0 Å². The molecule has 0 saturated heterocycles. The Hall–Kier alpha value is -1.82. The number of aryl methyl sites for hydroxylation is 2. The van der Waals surface area contributed by atoms with Gasteiger partial charge in [-0.2, -0.15) is 4.37 Å². The van der Waals surface area contributed by atoms with Crippen LogP contribution in [0, 0.1) is 24.0 Å². The van der Waals surface area contributed by atoms with Crippen LogP contribution in [0.15, 0.2) is 18.2 Å². The van der Waals surface area contributed by atoms with Crippen molar-refractivity contribution in [2.45, 2.75) is 13.8 Å². The highest BCUT2D eigenvalue weighted by Gasteiger charge is 2.13. The average molecular weight is 235 g/mol. The lowest BCUT2D eigenvalue weighted by atomic mass is 10.1. The maximum absolute atomic E-state index is 10.8. The van der Waals surface area contributed by atoms with E-state index in [0.29, 0.717) is 16.4 Å². The number of aromatic nitrogens is 2. The Kier molecular flexibility index (Phi) is 2.66. The van der Waals surface area contributed by atoms with Gasteiger partial charge in [0.2, 0.25) is 0 Å². The van der Waals surface area contributed by atoms with Gasteiger partial charge < -0.3 is 0 Å². The second-order valence-corrected chi connectivity index (χ2v) is 4.16. The molecule has 0 radical (unpaired) electrons. The molecule has 0 aliphatic heterocycles. The first-order valence-corrected chi connectivity index (χ1v) is 5.41. The summed E-state index contributed by atoms with van der Waals surface area (Å²) >= 11 is 1.25. The van der Waals surface area contributed by atoms with E-state index in [1.807, 2.05) is 6.07 Å². The van der Waals surface area contributed by atoms with Crippen molar-refractivity contribution in [2.24, 2.45) is 0 Å². The van der Waals surface area contributed by atoms with Crippen LogP contribution < -0.4 is 0 Å². The van der Waals surface area contributed by atoms with Crippen LogP contribution in [0.4, 0.5) is 5.69 Å². The number of benzene rings is 1. The number of hydrogen-bond acceptors (Lipinski definition) is 5. The molecule has 0 atom stereocenters. The fourth-order valence-electron chi connectivity index (χ4n) is 1.35. The molecule has 1 heterocycles. The maximum atomic E-state index is 10.8. The molecule has 0 bridgehead atoms. The van der Waals surface area contributed by atoms with E-state index in [1.54, 1.807) is 19.9 Å².